The highest BCUT2D eigenvalue weighted by Crippen LogP contribution is 2.46. The molecule has 0 aliphatic carbocycles. The fraction of sp³-hybridized carbons (Fsp3) is 0.263. The van der Waals surface area contributed by atoms with Gasteiger partial charge in [-0.1, -0.05) is 36.0 Å². The summed E-state index contributed by atoms with van der Waals surface area (Å²) < 4.78 is 39.3. The number of hydrogen-bond donors (Lipinski definition) is 0. The quantitative estimate of drug-likeness (QED) is 0.609. The Hall–Kier alpha value is -1.72. The van der Waals surface area contributed by atoms with Crippen LogP contribution >= 0.6 is 11.8 Å². The molecular weight excluding hydrogens is 331 g/mol. The van der Waals surface area contributed by atoms with E-state index in [9.17, 15) is 13.2 Å². The largest absolute Gasteiger partial charge is 0.416 e. The fourth-order valence-corrected chi connectivity index (χ4v) is 3.82. The topological polar surface area (TPSA) is 3.24 Å². The molecule has 2 aromatic carbocycles. The maximum absolute atomic E-state index is 13.1. The van der Waals surface area contributed by atoms with Crippen molar-refractivity contribution in [3.8, 4) is 0 Å². The van der Waals surface area contributed by atoms with Crippen molar-refractivity contribution in [1.82, 2.24) is 4.90 Å². The highest BCUT2D eigenvalue weighted by Gasteiger charge is 2.32. The van der Waals surface area contributed by atoms with Gasteiger partial charge in [0.2, 0.25) is 0 Å². The summed E-state index contributed by atoms with van der Waals surface area (Å²) in [5, 5.41) is 0. The minimum absolute atomic E-state index is 0.597. The molecule has 0 atom stereocenters. The van der Waals surface area contributed by atoms with Crippen molar-refractivity contribution < 1.29 is 13.2 Å². The molecule has 0 amide bonds. The summed E-state index contributed by atoms with van der Waals surface area (Å²) in [4.78, 5) is 4.02. The highest BCUT2D eigenvalue weighted by atomic mass is 32.2. The zero-order chi connectivity index (χ0) is 17.3. The van der Waals surface area contributed by atoms with Gasteiger partial charge in [0.1, 0.15) is 0 Å². The van der Waals surface area contributed by atoms with Crippen LogP contribution in [0.4, 0.5) is 13.2 Å². The van der Waals surface area contributed by atoms with Gasteiger partial charge < -0.3 is 4.90 Å². The molecule has 2 aromatic rings. The van der Waals surface area contributed by atoms with E-state index >= 15 is 0 Å². The molecule has 0 saturated carbocycles. The van der Waals surface area contributed by atoms with Crippen LogP contribution in [-0.4, -0.2) is 25.5 Å². The fourth-order valence-electron chi connectivity index (χ4n) is 2.73. The van der Waals surface area contributed by atoms with Crippen LogP contribution in [0, 0.1) is 0 Å². The van der Waals surface area contributed by atoms with Gasteiger partial charge in [-0.3, -0.25) is 0 Å². The zero-order valence-corrected chi connectivity index (χ0v) is 14.3. The van der Waals surface area contributed by atoms with Crippen LogP contribution in [0.25, 0.3) is 5.57 Å². The van der Waals surface area contributed by atoms with Crippen molar-refractivity contribution >= 4 is 17.3 Å². The van der Waals surface area contributed by atoms with Gasteiger partial charge >= 0.3 is 6.18 Å². The van der Waals surface area contributed by atoms with Crippen molar-refractivity contribution in [1.29, 1.82) is 0 Å². The normalized spacial score (nSPS) is 15.5. The van der Waals surface area contributed by atoms with Crippen LogP contribution in [-0.2, 0) is 6.18 Å². The van der Waals surface area contributed by atoms with Crippen LogP contribution in [0.5, 0.6) is 0 Å². The maximum atomic E-state index is 13.1. The van der Waals surface area contributed by atoms with Gasteiger partial charge in [0.15, 0.2) is 0 Å². The molecule has 0 spiro atoms. The van der Waals surface area contributed by atoms with Crippen LogP contribution < -0.4 is 0 Å². The van der Waals surface area contributed by atoms with Gasteiger partial charge in [-0.05, 0) is 61.5 Å². The summed E-state index contributed by atoms with van der Waals surface area (Å²) in [6.07, 6.45) is -1.49. The lowest BCUT2D eigenvalue weighted by Crippen LogP contribution is -2.12. The Labute approximate surface area is 144 Å². The van der Waals surface area contributed by atoms with Crippen molar-refractivity contribution in [2.24, 2.45) is 0 Å². The molecule has 24 heavy (non-hydrogen) atoms. The molecule has 0 radical (unpaired) electrons. The molecule has 0 saturated heterocycles. The van der Waals surface area contributed by atoms with E-state index in [0.29, 0.717) is 5.56 Å². The lowest BCUT2D eigenvalue weighted by molar-refractivity contribution is -0.137. The van der Waals surface area contributed by atoms with Gasteiger partial charge in [-0.15, -0.1) is 0 Å². The average Bonchev–Trinajstić information content (AvgIpc) is 2.52. The number of fused-ring (bicyclic) bond motifs is 2. The number of hydrogen-bond acceptors (Lipinski definition) is 2. The first-order chi connectivity index (χ1) is 11.4. The van der Waals surface area contributed by atoms with Crippen molar-refractivity contribution in [3.63, 3.8) is 0 Å². The first-order valence-corrected chi connectivity index (χ1v) is 8.51. The minimum Gasteiger partial charge on any atom is -0.309 e. The minimum atomic E-state index is -4.33. The van der Waals surface area contributed by atoms with Gasteiger partial charge in [0.25, 0.3) is 0 Å². The Morgan fingerprint density at radius 1 is 1.00 bits per heavy atom. The Bertz CT molecular complexity index is 778. The number of halogens is 3. The van der Waals surface area contributed by atoms with E-state index in [1.165, 1.54) is 17.8 Å². The van der Waals surface area contributed by atoms with Gasteiger partial charge in [0.05, 0.1) is 5.56 Å². The molecule has 0 fully saturated rings. The molecule has 0 bridgehead atoms. The smallest absolute Gasteiger partial charge is 0.309 e. The molecule has 0 unspecified atom stereocenters. The third kappa shape index (κ3) is 3.52. The van der Waals surface area contributed by atoms with E-state index in [2.05, 4.69) is 11.0 Å². The summed E-state index contributed by atoms with van der Waals surface area (Å²) in [6.45, 7) is 0.854. The van der Waals surface area contributed by atoms with E-state index < -0.39 is 11.7 Å². The molecule has 1 aliphatic rings. The number of rotatable bonds is 3. The van der Waals surface area contributed by atoms with Crippen molar-refractivity contribution in [2.45, 2.75) is 22.4 Å². The Morgan fingerprint density at radius 3 is 2.42 bits per heavy atom. The van der Waals surface area contributed by atoms with Crippen molar-refractivity contribution in [3.05, 3.63) is 65.2 Å². The molecule has 1 aliphatic heterocycles. The third-order valence-corrected chi connectivity index (χ3v) is 5.07. The molecule has 0 N–H and O–H groups in total. The maximum Gasteiger partial charge on any atom is 0.416 e. The van der Waals surface area contributed by atoms with E-state index in [1.54, 1.807) is 6.07 Å². The average molecular weight is 349 g/mol. The molecule has 126 valence electrons. The van der Waals surface area contributed by atoms with Gasteiger partial charge in [-0.25, -0.2) is 0 Å². The van der Waals surface area contributed by atoms with Crippen molar-refractivity contribution in [2.75, 3.05) is 20.6 Å². The molecule has 5 heteroatoms. The lowest BCUT2D eigenvalue weighted by Gasteiger charge is -2.23. The number of nitrogens with zero attached hydrogens (tertiary/aromatic N) is 1. The second kappa shape index (κ2) is 6.65. The standard InChI is InChI=1S/C19H18F3NS/c1-23(2)11-5-7-14-15-6-3-4-8-17(15)24-18-10-9-13(12-16(14)18)19(20,21)22/h3-4,6-10,12H,5,11H2,1-2H3. The molecular formula is C19H18F3NS. The van der Waals surface area contributed by atoms with Gasteiger partial charge in [-0.2, -0.15) is 13.2 Å². The second-order valence-electron chi connectivity index (χ2n) is 6.02. The predicted molar refractivity (Wildman–Crippen MR) is 92.3 cm³/mol. The third-order valence-electron chi connectivity index (χ3n) is 3.92. The SMILES string of the molecule is CN(C)CCC=C1c2ccccc2Sc2ccc(C(F)(F)F)cc21. The summed E-state index contributed by atoms with van der Waals surface area (Å²) in [5.41, 5.74) is 1.98. The Kier molecular flexibility index (Phi) is 4.74. The lowest BCUT2D eigenvalue weighted by atomic mass is 9.94. The predicted octanol–water partition coefficient (Wildman–Crippen LogP) is 5.55. The molecule has 1 nitrogen and oxygen atoms in total. The molecule has 0 aromatic heterocycles. The van der Waals surface area contributed by atoms with Crippen LogP contribution in [0.1, 0.15) is 23.1 Å². The summed E-state index contributed by atoms with van der Waals surface area (Å²) in [7, 11) is 3.97. The van der Waals surface area contributed by atoms with Crippen LogP contribution in [0.15, 0.2) is 58.3 Å². The molecule has 1 heterocycles. The Morgan fingerprint density at radius 2 is 1.71 bits per heavy atom. The van der Waals surface area contributed by atoms with E-state index in [0.717, 1.165) is 40.0 Å². The van der Waals surface area contributed by atoms with E-state index in [4.69, 9.17) is 0 Å². The summed E-state index contributed by atoms with van der Waals surface area (Å²) >= 11 is 1.53. The van der Waals surface area contributed by atoms with Crippen LogP contribution in [0.3, 0.4) is 0 Å². The Balaban J connectivity index is 2.09. The zero-order valence-electron chi connectivity index (χ0n) is 13.5. The van der Waals surface area contributed by atoms with E-state index in [-0.39, 0.29) is 0 Å². The highest BCUT2D eigenvalue weighted by molar-refractivity contribution is 7.99. The van der Waals surface area contributed by atoms with E-state index in [1.807, 2.05) is 38.4 Å². The monoisotopic (exact) mass is 349 g/mol. The molecule has 3 rings (SSSR count). The summed E-state index contributed by atoms with van der Waals surface area (Å²) in [5.74, 6) is 0. The second-order valence-corrected chi connectivity index (χ2v) is 7.10. The first kappa shape index (κ1) is 17.1. The first-order valence-electron chi connectivity index (χ1n) is 7.70. The number of benzene rings is 2. The number of alkyl halides is 3. The van der Waals surface area contributed by atoms with Gasteiger partial charge in [0, 0.05) is 16.3 Å². The summed E-state index contributed by atoms with van der Waals surface area (Å²) in [6, 6.07) is 11.9. The van der Waals surface area contributed by atoms with Crippen LogP contribution in [0.2, 0.25) is 0 Å².